The summed E-state index contributed by atoms with van der Waals surface area (Å²) in [5.41, 5.74) is -0.976. The summed E-state index contributed by atoms with van der Waals surface area (Å²) in [6, 6.07) is 2.51. The minimum absolute atomic E-state index is 0.00554. The number of methoxy groups -OCH3 is 1. The predicted octanol–water partition coefficient (Wildman–Crippen LogP) is 0.640. The van der Waals surface area contributed by atoms with E-state index in [1.54, 1.807) is 0 Å². The van der Waals surface area contributed by atoms with Gasteiger partial charge in [-0.2, -0.15) is 5.26 Å². The van der Waals surface area contributed by atoms with Crippen molar-refractivity contribution < 1.29 is 19.1 Å². The van der Waals surface area contributed by atoms with Gasteiger partial charge in [0.1, 0.15) is 23.7 Å². The van der Waals surface area contributed by atoms with Crippen molar-refractivity contribution in [3.05, 3.63) is 33.9 Å². The summed E-state index contributed by atoms with van der Waals surface area (Å²) in [7, 11) is 1.31. The molecule has 0 amide bonds. The number of carboxylic acid groups (broad SMARTS) is 1. The topological polar surface area (TPSA) is 101 Å². The van der Waals surface area contributed by atoms with Crippen molar-refractivity contribution in [1.82, 2.24) is 0 Å². The van der Waals surface area contributed by atoms with Gasteiger partial charge < -0.3 is 14.3 Å². The number of hydrogen-bond donors (Lipinski definition) is 1. The summed E-state index contributed by atoms with van der Waals surface area (Å²) >= 11 is 0. The van der Waals surface area contributed by atoms with E-state index in [1.165, 1.54) is 13.2 Å². The van der Waals surface area contributed by atoms with E-state index >= 15 is 0 Å². The number of nitrogens with zero attached hydrogens (tertiary/aromatic N) is 1. The Balaban J connectivity index is 3.18. The first-order chi connectivity index (χ1) is 7.58. The summed E-state index contributed by atoms with van der Waals surface area (Å²) in [6.45, 7) is 0. The van der Waals surface area contributed by atoms with E-state index < -0.39 is 17.0 Å². The van der Waals surface area contributed by atoms with E-state index in [1.807, 2.05) is 0 Å². The smallest absolute Gasteiger partial charge is 0.346 e. The quantitative estimate of drug-likeness (QED) is 0.593. The summed E-state index contributed by atoms with van der Waals surface area (Å²) in [6.07, 6.45) is 2.01. The van der Waals surface area contributed by atoms with Gasteiger partial charge in [-0.25, -0.2) is 4.79 Å². The zero-order valence-corrected chi connectivity index (χ0v) is 8.26. The Morgan fingerprint density at radius 3 is 2.81 bits per heavy atom. The minimum atomic E-state index is -1.39. The molecule has 0 aliphatic rings. The Hall–Kier alpha value is -2.55. The average molecular weight is 221 g/mol. The number of carbonyl (C=O) groups is 1. The number of rotatable bonds is 3. The van der Waals surface area contributed by atoms with Gasteiger partial charge in [-0.1, -0.05) is 0 Å². The first-order valence-electron chi connectivity index (χ1n) is 4.10. The number of hydrogen-bond acceptors (Lipinski definition) is 5. The lowest BCUT2D eigenvalue weighted by molar-refractivity contribution is -0.132. The van der Waals surface area contributed by atoms with Crippen molar-refractivity contribution in [3.63, 3.8) is 0 Å². The van der Waals surface area contributed by atoms with Gasteiger partial charge in [-0.3, -0.25) is 4.79 Å². The Bertz CT molecular complexity index is 535. The minimum Gasteiger partial charge on any atom is -0.490 e. The Kier molecular flexibility index (Phi) is 3.45. The molecule has 0 saturated heterocycles. The van der Waals surface area contributed by atoms with Gasteiger partial charge in [0, 0.05) is 12.1 Å². The van der Waals surface area contributed by atoms with Gasteiger partial charge in [-0.05, 0) is 0 Å². The molecular formula is C10H7NO5. The molecule has 0 atom stereocenters. The van der Waals surface area contributed by atoms with Gasteiger partial charge in [0.15, 0.2) is 0 Å². The van der Waals surface area contributed by atoms with Crippen molar-refractivity contribution in [2.24, 2.45) is 0 Å². The zero-order valence-electron chi connectivity index (χ0n) is 8.26. The SMILES string of the molecule is COc1coc(/C=C(\C#N)C(=O)O)cc1=O. The van der Waals surface area contributed by atoms with Crippen LogP contribution in [0.15, 0.2) is 27.1 Å². The van der Waals surface area contributed by atoms with Gasteiger partial charge in [0.2, 0.25) is 11.2 Å². The fourth-order valence-corrected chi connectivity index (χ4v) is 0.922. The van der Waals surface area contributed by atoms with E-state index in [2.05, 4.69) is 4.74 Å². The lowest BCUT2D eigenvalue weighted by Gasteiger charge is -1.97. The highest BCUT2D eigenvalue weighted by Crippen LogP contribution is 2.09. The first kappa shape index (κ1) is 11.5. The molecule has 1 aromatic heterocycles. The highest BCUT2D eigenvalue weighted by atomic mass is 16.5. The Labute approximate surface area is 90.0 Å². The van der Waals surface area contributed by atoms with E-state index in [-0.39, 0.29) is 11.5 Å². The molecule has 6 heteroatoms. The zero-order chi connectivity index (χ0) is 12.1. The van der Waals surface area contributed by atoms with Crippen LogP contribution in [0.2, 0.25) is 0 Å². The molecule has 0 unspecified atom stereocenters. The lowest BCUT2D eigenvalue weighted by atomic mass is 10.2. The third-order valence-corrected chi connectivity index (χ3v) is 1.68. The van der Waals surface area contributed by atoms with Crippen LogP contribution in [0.4, 0.5) is 0 Å². The molecule has 0 aromatic carbocycles. The molecule has 0 aliphatic heterocycles. The third-order valence-electron chi connectivity index (χ3n) is 1.68. The van der Waals surface area contributed by atoms with Crippen LogP contribution in [0.1, 0.15) is 5.76 Å². The van der Waals surface area contributed by atoms with Crippen molar-refractivity contribution in [3.8, 4) is 11.8 Å². The maximum atomic E-state index is 11.3. The van der Waals surface area contributed by atoms with Gasteiger partial charge in [0.05, 0.1) is 7.11 Å². The molecule has 1 N–H and O–H groups in total. The first-order valence-corrected chi connectivity index (χ1v) is 4.10. The lowest BCUT2D eigenvalue weighted by Crippen LogP contribution is -2.04. The van der Waals surface area contributed by atoms with Crippen LogP contribution >= 0.6 is 0 Å². The third kappa shape index (κ3) is 2.48. The number of carboxylic acids is 1. The molecule has 0 saturated carbocycles. The van der Waals surface area contributed by atoms with Gasteiger partial charge >= 0.3 is 5.97 Å². The predicted molar refractivity (Wildman–Crippen MR) is 52.8 cm³/mol. The van der Waals surface area contributed by atoms with Crippen molar-refractivity contribution in [1.29, 1.82) is 5.26 Å². The van der Waals surface area contributed by atoms with Crippen LogP contribution in [0.5, 0.6) is 5.75 Å². The maximum Gasteiger partial charge on any atom is 0.346 e. The van der Waals surface area contributed by atoms with Crippen molar-refractivity contribution in [2.45, 2.75) is 0 Å². The molecule has 1 heterocycles. The molecule has 16 heavy (non-hydrogen) atoms. The van der Waals surface area contributed by atoms with E-state index in [0.29, 0.717) is 0 Å². The molecule has 0 aliphatic carbocycles. The molecule has 1 rings (SSSR count). The largest absolute Gasteiger partial charge is 0.490 e. The van der Waals surface area contributed by atoms with E-state index in [4.69, 9.17) is 14.8 Å². The highest BCUT2D eigenvalue weighted by molar-refractivity contribution is 5.96. The molecule has 0 fully saturated rings. The van der Waals surface area contributed by atoms with E-state index in [0.717, 1.165) is 18.4 Å². The molecule has 6 nitrogen and oxygen atoms in total. The molecule has 1 aromatic rings. The second-order valence-electron chi connectivity index (χ2n) is 2.69. The Morgan fingerprint density at radius 2 is 2.38 bits per heavy atom. The van der Waals surface area contributed by atoms with Crippen LogP contribution in [0, 0.1) is 11.3 Å². The fourth-order valence-electron chi connectivity index (χ4n) is 0.922. The molecule has 0 radical (unpaired) electrons. The van der Waals surface area contributed by atoms with Gasteiger partial charge in [-0.15, -0.1) is 0 Å². The molecule has 82 valence electrons. The second-order valence-corrected chi connectivity index (χ2v) is 2.69. The van der Waals surface area contributed by atoms with Crippen LogP contribution < -0.4 is 10.2 Å². The van der Waals surface area contributed by atoms with Gasteiger partial charge in [0.25, 0.3) is 0 Å². The average Bonchev–Trinajstić information content (AvgIpc) is 2.25. The fraction of sp³-hybridized carbons (Fsp3) is 0.100. The summed E-state index contributed by atoms with van der Waals surface area (Å²) in [5.74, 6) is -1.41. The van der Waals surface area contributed by atoms with E-state index in [9.17, 15) is 9.59 Å². The summed E-state index contributed by atoms with van der Waals surface area (Å²) in [5, 5.41) is 17.1. The second kappa shape index (κ2) is 4.79. The molecular weight excluding hydrogens is 214 g/mol. The summed E-state index contributed by atoms with van der Waals surface area (Å²) < 4.78 is 9.57. The van der Waals surface area contributed by atoms with Crippen LogP contribution in [-0.4, -0.2) is 18.2 Å². The van der Waals surface area contributed by atoms with Crippen LogP contribution in [-0.2, 0) is 4.79 Å². The Morgan fingerprint density at radius 1 is 1.69 bits per heavy atom. The number of nitriles is 1. The maximum absolute atomic E-state index is 11.3. The van der Waals surface area contributed by atoms with Crippen molar-refractivity contribution in [2.75, 3.05) is 7.11 Å². The van der Waals surface area contributed by atoms with Crippen molar-refractivity contribution >= 4 is 12.0 Å². The monoisotopic (exact) mass is 221 g/mol. The number of aliphatic carboxylic acids is 1. The molecule has 0 spiro atoms. The molecule has 0 bridgehead atoms. The normalized spacial score (nSPS) is 10.6. The standard InChI is InChI=1S/C10H7NO5/c1-15-9-5-16-7(3-8(9)12)2-6(4-11)10(13)14/h2-3,5H,1H3,(H,13,14)/b6-2+. The summed E-state index contributed by atoms with van der Waals surface area (Å²) in [4.78, 5) is 21.8. The van der Waals surface area contributed by atoms with Crippen LogP contribution in [0.25, 0.3) is 6.08 Å². The van der Waals surface area contributed by atoms with Crippen LogP contribution in [0.3, 0.4) is 0 Å². The highest BCUT2D eigenvalue weighted by Gasteiger charge is 2.08. The number of ether oxygens (including phenoxy) is 1.